The molecule has 0 bridgehead atoms. The van der Waals surface area contributed by atoms with Crippen LogP contribution in [0.25, 0.3) is 0 Å². The average Bonchev–Trinajstić information content (AvgIpc) is 2.22. The first-order valence-electron chi connectivity index (χ1n) is 7.36. The average molecular weight is 239 g/mol. The van der Waals surface area contributed by atoms with Crippen LogP contribution in [0.4, 0.5) is 0 Å². The van der Waals surface area contributed by atoms with Crippen molar-refractivity contribution in [1.82, 2.24) is 5.32 Å². The van der Waals surface area contributed by atoms with E-state index in [9.17, 15) is 5.11 Å². The monoisotopic (exact) mass is 239 g/mol. The van der Waals surface area contributed by atoms with Crippen molar-refractivity contribution in [3.05, 3.63) is 0 Å². The zero-order valence-electron chi connectivity index (χ0n) is 11.7. The van der Waals surface area contributed by atoms with Crippen LogP contribution in [-0.2, 0) is 0 Å². The van der Waals surface area contributed by atoms with Gasteiger partial charge in [-0.1, -0.05) is 20.8 Å². The molecule has 2 aliphatic rings. The molecule has 0 spiro atoms. The quantitative estimate of drug-likeness (QED) is 0.793. The van der Waals surface area contributed by atoms with Gasteiger partial charge in [0.25, 0.3) is 0 Å². The maximum Gasteiger partial charge on any atom is 0.0570 e. The third-order valence-corrected chi connectivity index (χ3v) is 4.88. The Labute approximate surface area is 106 Å². The lowest BCUT2D eigenvalue weighted by molar-refractivity contribution is 0.0584. The summed E-state index contributed by atoms with van der Waals surface area (Å²) in [7, 11) is 0. The Balaban J connectivity index is 1.62. The van der Waals surface area contributed by atoms with E-state index in [2.05, 4.69) is 26.1 Å². The summed E-state index contributed by atoms with van der Waals surface area (Å²) >= 11 is 0. The fraction of sp³-hybridized carbons (Fsp3) is 1.00. The molecule has 0 aromatic heterocycles. The van der Waals surface area contributed by atoms with Crippen molar-refractivity contribution in [3.63, 3.8) is 0 Å². The van der Waals surface area contributed by atoms with Crippen molar-refractivity contribution in [2.45, 2.75) is 71.4 Å². The molecule has 17 heavy (non-hydrogen) atoms. The first kappa shape index (κ1) is 13.4. The van der Waals surface area contributed by atoms with Gasteiger partial charge in [-0.2, -0.15) is 0 Å². The highest BCUT2D eigenvalue weighted by atomic mass is 16.3. The van der Waals surface area contributed by atoms with E-state index in [4.69, 9.17) is 0 Å². The number of hydrogen-bond acceptors (Lipinski definition) is 2. The number of aliphatic hydroxyl groups excluding tert-OH is 1. The van der Waals surface area contributed by atoms with Crippen molar-refractivity contribution in [2.24, 2.45) is 17.3 Å². The summed E-state index contributed by atoms with van der Waals surface area (Å²) in [6.07, 6.45) is 7.51. The van der Waals surface area contributed by atoms with Crippen LogP contribution in [0.5, 0.6) is 0 Å². The molecule has 0 amide bonds. The zero-order valence-corrected chi connectivity index (χ0v) is 11.7. The Hall–Kier alpha value is -0.0800. The summed E-state index contributed by atoms with van der Waals surface area (Å²) in [5.41, 5.74) is 0.497. The van der Waals surface area contributed by atoms with Crippen LogP contribution >= 0.6 is 0 Å². The lowest BCUT2D eigenvalue weighted by atomic mass is 9.70. The van der Waals surface area contributed by atoms with Gasteiger partial charge in [0.05, 0.1) is 6.10 Å². The van der Waals surface area contributed by atoms with Gasteiger partial charge in [0.2, 0.25) is 0 Å². The topological polar surface area (TPSA) is 32.3 Å². The molecule has 2 fully saturated rings. The molecule has 2 saturated carbocycles. The van der Waals surface area contributed by atoms with Crippen molar-refractivity contribution in [1.29, 1.82) is 0 Å². The van der Waals surface area contributed by atoms with Gasteiger partial charge < -0.3 is 10.4 Å². The fourth-order valence-corrected chi connectivity index (χ4v) is 3.32. The smallest absolute Gasteiger partial charge is 0.0570 e. The highest BCUT2D eigenvalue weighted by Gasteiger charge is 2.31. The molecule has 0 aliphatic heterocycles. The first-order valence-corrected chi connectivity index (χ1v) is 7.36. The van der Waals surface area contributed by atoms with Gasteiger partial charge >= 0.3 is 0 Å². The lowest BCUT2D eigenvalue weighted by Gasteiger charge is -2.38. The molecule has 2 rings (SSSR count). The van der Waals surface area contributed by atoms with Gasteiger partial charge in [-0.15, -0.1) is 0 Å². The van der Waals surface area contributed by atoms with Gasteiger partial charge in [0.15, 0.2) is 0 Å². The number of nitrogens with one attached hydrogen (secondary N) is 1. The van der Waals surface area contributed by atoms with E-state index in [1.165, 1.54) is 32.2 Å². The summed E-state index contributed by atoms with van der Waals surface area (Å²) in [6.45, 7) is 8.32. The van der Waals surface area contributed by atoms with E-state index in [1.807, 2.05) is 0 Å². The predicted octanol–water partition coefficient (Wildman–Crippen LogP) is 2.95. The molecule has 0 unspecified atom stereocenters. The van der Waals surface area contributed by atoms with Crippen molar-refractivity contribution >= 4 is 0 Å². The minimum atomic E-state index is -0.0240. The molecule has 0 radical (unpaired) electrons. The van der Waals surface area contributed by atoms with Crippen molar-refractivity contribution in [3.8, 4) is 0 Å². The second-order valence-electron chi connectivity index (χ2n) is 7.31. The van der Waals surface area contributed by atoms with Crippen molar-refractivity contribution < 1.29 is 5.11 Å². The van der Waals surface area contributed by atoms with Crippen LogP contribution in [0.1, 0.15) is 59.3 Å². The summed E-state index contributed by atoms with van der Waals surface area (Å²) in [6, 6.07) is 0.602. The highest BCUT2D eigenvalue weighted by molar-refractivity contribution is 4.86. The summed E-state index contributed by atoms with van der Waals surface area (Å²) < 4.78 is 0. The van der Waals surface area contributed by atoms with E-state index >= 15 is 0 Å². The van der Waals surface area contributed by atoms with Gasteiger partial charge in [-0.05, 0) is 62.3 Å². The molecule has 0 aromatic rings. The minimum absolute atomic E-state index is 0.0240. The summed E-state index contributed by atoms with van der Waals surface area (Å²) in [5.74, 6) is 1.80. The normalized spacial score (nSPS) is 38.8. The van der Waals surface area contributed by atoms with Crippen LogP contribution in [0.3, 0.4) is 0 Å². The maximum atomic E-state index is 9.24. The second kappa shape index (κ2) is 5.27. The highest BCUT2D eigenvalue weighted by Crippen LogP contribution is 2.39. The van der Waals surface area contributed by atoms with E-state index in [0.717, 1.165) is 24.7 Å². The van der Waals surface area contributed by atoms with Gasteiger partial charge in [-0.25, -0.2) is 0 Å². The molecule has 100 valence electrons. The predicted molar refractivity (Wildman–Crippen MR) is 71.9 cm³/mol. The second-order valence-corrected chi connectivity index (χ2v) is 7.31. The van der Waals surface area contributed by atoms with Gasteiger partial charge in [0.1, 0.15) is 0 Å². The summed E-state index contributed by atoms with van der Waals surface area (Å²) in [4.78, 5) is 0. The fourth-order valence-electron chi connectivity index (χ4n) is 3.32. The molecule has 2 aliphatic carbocycles. The standard InChI is InChI=1S/C15H29NO/c1-15(2,3)12-6-4-11(5-7-12)10-16-13-8-14(17)9-13/h11-14,16-17H,4-10H2,1-3H3. The minimum Gasteiger partial charge on any atom is -0.393 e. The molecule has 0 saturated heterocycles. The largest absolute Gasteiger partial charge is 0.393 e. The number of aliphatic hydroxyl groups is 1. The lowest BCUT2D eigenvalue weighted by Crippen LogP contribution is -2.46. The van der Waals surface area contributed by atoms with E-state index in [1.54, 1.807) is 0 Å². The van der Waals surface area contributed by atoms with Crippen LogP contribution in [0.2, 0.25) is 0 Å². The molecule has 0 atom stereocenters. The molecule has 0 aromatic carbocycles. The van der Waals surface area contributed by atoms with Crippen LogP contribution in [0, 0.1) is 17.3 Å². The number of rotatable bonds is 3. The summed E-state index contributed by atoms with van der Waals surface area (Å²) in [5, 5.41) is 12.9. The molecule has 2 heteroatoms. The Bertz CT molecular complexity index is 232. The van der Waals surface area contributed by atoms with E-state index in [-0.39, 0.29) is 6.10 Å². The Kier molecular flexibility index (Phi) is 4.14. The maximum absolute atomic E-state index is 9.24. The molecule has 0 heterocycles. The van der Waals surface area contributed by atoms with E-state index in [0.29, 0.717) is 11.5 Å². The molecule has 2 N–H and O–H groups in total. The first-order chi connectivity index (χ1) is 7.95. The Morgan fingerprint density at radius 1 is 1.06 bits per heavy atom. The van der Waals surface area contributed by atoms with Crippen molar-refractivity contribution in [2.75, 3.05) is 6.54 Å². The molecular formula is C15H29NO. The van der Waals surface area contributed by atoms with Gasteiger partial charge in [0, 0.05) is 6.04 Å². The SMILES string of the molecule is CC(C)(C)C1CCC(CNC2CC(O)C2)CC1. The Morgan fingerprint density at radius 3 is 2.12 bits per heavy atom. The number of hydrogen-bond donors (Lipinski definition) is 2. The van der Waals surface area contributed by atoms with Crippen LogP contribution in [-0.4, -0.2) is 23.8 Å². The molecule has 2 nitrogen and oxygen atoms in total. The third kappa shape index (κ3) is 3.69. The van der Waals surface area contributed by atoms with Crippen LogP contribution < -0.4 is 5.32 Å². The van der Waals surface area contributed by atoms with Gasteiger partial charge in [-0.3, -0.25) is 0 Å². The van der Waals surface area contributed by atoms with Crippen LogP contribution in [0.15, 0.2) is 0 Å². The zero-order chi connectivity index (χ0) is 12.5. The Morgan fingerprint density at radius 2 is 1.65 bits per heavy atom. The molecular weight excluding hydrogens is 210 g/mol. The third-order valence-electron chi connectivity index (χ3n) is 4.88. The van der Waals surface area contributed by atoms with E-state index < -0.39 is 0 Å².